The fourth-order valence-electron chi connectivity index (χ4n) is 1.30. The molecule has 0 amide bonds. The lowest BCUT2D eigenvalue weighted by molar-refractivity contribution is -0.117. The van der Waals surface area contributed by atoms with Crippen molar-refractivity contribution in [3.8, 4) is 0 Å². The van der Waals surface area contributed by atoms with E-state index in [-0.39, 0.29) is 11.3 Å². The Morgan fingerprint density at radius 1 is 1.29 bits per heavy atom. The SMILES string of the molecule is CC(C)(C)NCC(=O)Cc1ccc(Cl)cc1Cl. The average Bonchev–Trinajstić information content (AvgIpc) is 2.18. The van der Waals surface area contributed by atoms with Gasteiger partial charge in [0.15, 0.2) is 5.78 Å². The molecule has 0 atom stereocenters. The van der Waals surface area contributed by atoms with Crippen molar-refractivity contribution in [2.24, 2.45) is 0 Å². The lowest BCUT2D eigenvalue weighted by Crippen LogP contribution is -2.39. The summed E-state index contributed by atoms with van der Waals surface area (Å²) in [4.78, 5) is 11.7. The molecule has 0 heterocycles. The predicted octanol–water partition coefficient (Wildman–Crippen LogP) is 3.49. The molecule has 4 heteroatoms. The van der Waals surface area contributed by atoms with E-state index in [1.807, 2.05) is 20.8 Å². The highest BCUT2D eigenvalue weighted by molar-refractivity contribution is 6.35. The van der Waals surface area contributed by atoms with E-state index < -0.39 is 0 Å². The number of benzene rings is 1. The summed E-state index contributed by atoms with van der Waals surface area (Å²) in [5, 5.41) is 4.28. The predicted molar refractivity (Wildman–Crippen MR) is 72.9 cm³/mol. The Labute approximate surface area is 112 Å². The molecule has 0 radical (unpaired) electrons. The summed E-state index contributed by atoms with van der Waals surface area (Å²) in [7, 11) is 0. The minimum Gasteiger partial charge on any atom is -0.305 e. The van der Waals surface area contributed by atoms with E-state index in [1.54, 1.807) is 18.2 Å². The van der Waals surface area contributed by atoms with Gasteiger partial charge in [-0.15, -0.1) is 0 Å². The van der Waals surface area contributed by atoms with Gasteiger partial charge in [0, 0.05) is 22.0 Å². The Hall–Kier alpha value is -0.570. The minimum atomic E-state index is -0.0561. The number of carbonyl (C=O) groups is 1. The number of halogens is 2. The molecule has 0 unspecified atom stereocenters. The first kappa shape index (κ1) is 14.5. The van der Waals surface area contributed by atoms with Crippen molar-refractivity contribution in [1.82, 2.24) is 5.32 Å². The van der Waals surface area contributed by atoms with Crippen LogP contribution in [0.2, 0.25) is 10.0 Å². The van der Waals surface area contributed by atoms with E-state index >= 15 is 0 Å². The number of nitrogens with one attached hydrogen (secondary N) is 1. The van der Waals surface area contributed by atoms with Gasteiger partial charge >= 0.3 is 0 Å². The van der Waals surface area contributed by atoms with Crippen molar-refractivity contribution in [3.05, 3.63) is 33.8 Å². The van der Waals surface area contributed by atoms with Gasteiger partial charge in [0.05, 0.1) is 6.54 Å². The molecular weight excluding hydrogens is 257 g/mol. The maximum atomic E-state index is 11.7. The van der Waals surface area contributed by atoms with Crippen LogP contribution < -0.4 is 5.32 Å². The van der Waals surface area contributed by atoms with E-state index in [0.29, 0.717) is 23.0 Å². The number of rotatable bonds is 4. The third-order valence-electron chi connectivity index (χ3n) is 2.22. The third kappa shape index (κ3) is 5.53. The summed E-state index contributed by atoms with van der Waals surface area (Å²) in [6.45, 7) is 6.42. The van der Waals surface area contributed by atoms with Gasteiger partial charge in [0.2, 0.25) is 0 Å². The van der Waals surface area contributed by atoms with Crippen molar-refractivity contribution in [2.45, 2.75) is 32.7 Å². The summed E-state index contributed by atoms with van der Waals surface area (Å²) in [6.07, 6.45) is 0.332. The van der Waals surface area contributed by atoms with Gasteiger partial charge in [-0.2, -0.15) is 0 Å². The van der Waals surface area contributed by atoms with Crippen molar-refractivity contribution in [3.63, 3.8) is 0 Å². The van der Waals surface area contributed by atoms with Gasteiger partial charge in [-0.05, 0) is 38.5 Å². The quantitative estimate of drug-likeness (QED) is 0.910. The molecule has 0 bridgehead atoms. The molecule has 0 saturated heterocycles. The van der Waals surface area contributed by atoms with Gasteiger partial charge < -0.3 is 5.32 Å². The summed E-state index contributed by atoms with van der Waals surface area (Å²) < 4.78 is 0. The van der Waals surface area contributed by atoms with Crippen LogP contribution in [0, 0.1) is 0 Å². The monoisotopic (exact) mass is 273 g/mol. The molecule has 0 aliphatic rings. The molecule has 94 valence electrons. The second kappa shape index (κ2) is 5.85. The first-order chi connectivity index (χ1) is 7.78. The van der Waals surface area contributed by atoms with Gasteiger partial charge in [0.1, 0.15) is 0 Å². The second-order valence-electron chi connectivity index (χ2n) is 5.05. The lowest BCUT2D eigenvalue weighted by atomic mass is 10.1. The number of hydrogen-bond donors (Lipinski definition) is 1. The van der Waals surface area contributed by atoms with E-state index in [4.69, 9.17) is 23.2 Å². The van der Waals surface area contributed by atoms with E-state index in [0.717, 1.165) is 5.56 Å². The molecule has 1 aromatic rings. The van der Waals surface area contributed by atoms with Crippen LogP contribution in [0.5, 0.6) is 0 Å². The van der Waals surface area contributed by atoms with Gasteiger partial charge in [-0.3, -0.25) is 4.79 Å². The number of ketones is 1. The zero-order valence-electron chi connectivity index (χ0n) is 10.3. The van der Waals surface area contributed by atoms with Crippen molar-refractivity contribution >= 4 is 29.0 Å². The molecule has 0 fully saturated rings. The highest BCUT2D eigenvalue weighted by atomic mass is 35.5. The fraction of sp³-hybridized carbons (Fsp3) is 0.462. The normalized spacial score (nSPS) is 11.6. The molecule has 17 heavy (non-hydrogen) atoms. The maximum absolute atomic E-state index is 11.7. The molecule has 1 N–H and O–H groups in total. The number of hydrogen-bond acceptors (Lipinski definition) is 2. The van der Waals surface area contributed by atoms with Crippen molar-refractivity contribution in [2.75, 3.05) is 6.54 Å². The zero-order chi connectivity index (χ0) is 13.1. The summed E-state index contributed by atoms with van der Waals surface area (Å²) in [5.41, 5.74) is 0.760. The lowest BCUT2D eigenvalue weighted by Gasteiger charge is -2.19. The van der Waals surface area contributed by atoms with E-state index in [9.17, 15) is 4.79 Å². The van der Waals surface area contributed by atoms with Gasteiger partial charge in [-0.1, -0.05) is 29.3 Å². The minimum absolute atomic E-state index is 0.0561. The largest absolute Gasteiger partial charge is 0.305 e. The van der Waals surface area contributed by atoms with Crippen molar-refractivity contribution in [1.29, 1.82) is 0 Å². The Morgan fingerprint density at radius 3 is 2.47 bits per heavy atom. The molecular formula is C13H17Cl2NO. The summed E-state index contributed by atoms with van der Waals surface area (Å²) in [5.74, 6) is 0.115. The standard InChI is InChI=1S/C13H17Cl2NO/c1-13(2,3)16-8-11(17)6-9-4-5-10(14)7-12(9)15/h4-5,7,16H,6,8H2,1-3H3. The molecule has 0 aliphatic heterocycles. The zero-order valence-corrected chi connectivity index (χ0v) is 11.8. The fourth-order valence-corrected chi connectivity index (χ4v) is 1.78. The third-order valence-corrected chi connectivity index (χ3v) is 2.81. The number of carbonyl (C=O) groups excluding carboxylic acids is 1. The summed E-state index contributed by atoms with van der Waals surface area (Å²) in [6, 6.07) is 5.19. The molecule has 1 rings (SSSR count). The molecule has 1 aromatic carbocycles. The van der Waals surface area contributed by atoms with Crippen LogP contribution in [0.3, 0.4) is 0 Å². The van der Waals surface area contributed by atoms with Crippen LogP contribution >= 0.6 is 23.2 Å². The number of Topliss-reactive ketones (excluding diaryl/α,β-unsaturated/α-hetero) is 1. The molecule has 0 saturated carbocycles. The van der Waals surface area contributed by atoms with Crippen molar-refractivity contribution < 1.29 is 4.79 Å². The second-order valence-corrected chi connectivity index (χ2v) is 5.90. The van der Waals surface area contributed by atoms with E-state index in [1.165, 1.54) is 0 Å². The van der Waals surface area contributed by atoms with Gasteiger partial charge in [0.25, 0.3) is 0 Å². The van der Waals surface area contributed by atoms with Crippen LogP contribution in [0.4, 0.5) is 0 Å². The van der Waals surface area contributed by atoms with Crippen LogP contribution in [0.1, 0.15) is 26.3 Å². The van der Waals surface area contributed by atoms with Crippen LogP contribution in [0.15, 0.2) is 18.2 Å². The smallest absolute Gasteiger partial charge is 0.151 e. The van der Waals surface area contributed by atoms with E-state index in [2.05, 4.69) is 5.32 Å². The first-order valence-corrected chi connectivity index (χ1v) is 6.24. The highest BCUT2D eigenvalue weighted by Crippen LogP contribution is 2.21. The maximum Gasteiger partial charge on any atom is 0.151 e. The summed E-state index contributed by atoms with van der Waals surface area (Å²) >= 11 is 11.8. The average molecular weight is 274 g/mol. The molecule has 0 aliphatic carbocycles. The van der Waals surface area contributed by atoms with Crippen LogP contribution in [-0.2, 0) is 11.2 Å². The van der Waals surface area contributed by atoms with Gasteiger partial charge in [-0.25, -0.2) is 0 Å². The topological polar surface area (TPSA) is 29.1 Å². The van der Waals surface area contributed by atoms with Crippen LogP contribution in [0.25, 0.3) is 0 Å². The molecule has 0 aromatic heterocycles. The molecule has 0 spiro atoms. The Balaban J connectivity index is 2.57. The first-order valence-electron chi connectivity index (χ1n) is 5.48. The Bertz CT molecular complexity index is 410. The Kier molecular flexibility index (Phi) is 4.99. The Morgan fingerprint density at radius 2 is 1.94 bits per heavy atom. The van der Waals surface area contributed by atoms with Crippen LogP contribution in [-0.4, -0.2) is 17.9 Å². The molecule has 2 nitrogen and oxygen atoms in total. The highest BCUT2D eigenvalue weighted by Gasteiger charge is 2.12.